The zero-order chi connectivity index (χ0) is 19.1. The van der Waals surface area contributed by atoms with E-state index in [-0.39, 0.29) is 31.2 Å². The fraction of sp³-hybridized carbons (Fsp3) is 0.429. The molecule has 0 atom stereocenters. The SMILES string of the molecule is CCC(=O)NCc1cc(OCCNS(=O)(=O)C(F)(F)F)ccc1C#N. The van der Waals surface area contributed by atoms with E-state index in [0.29, 0.717) is 11.1 Å². The van der Waals surface area contributed by atoms with Gasteiger partial charge in [-0.05, 0) is 23.8 Å². The number of hydrogen-bond donors (Lipinski definition) is 2. The lowest BCUT2D eigenvalue weighted by Gasteiger charge is -2.12. The zero-order valence-electron chi connectivity index (χ0n) is 13.2. The van der Waals surface area contributed by atoms with E-state index in [1.165, 1.54) is 22.9 Å². The van der Waals surface area contributed by atoms with Crippen LogP contribution in [-0.2, 0) is 21.4 Å². The standard InChI is InChI=1S/C14H16F3N3O4S/c1-2-13(21)19-9-11-7-12(4-3-10(11)8-18)24-6-5-20-25(22,23)14(15,16)17/h3-4,7,20H,2,5-6,9H2,1H3,(H,19,21). The Labute approximate surface area is 142 Å². The molecule has 1 aromatic rings. The molecule has 7 nitrogen and oxygen atoms in total. The number of nitriles is 1. The van der Waals surface area contributed by atoms with E-state index in [1.54, 1.807) is 6.92 Å². The van der Waals surface area contributed by atoms with Crippen molar-refractivity contribution < 1.29 is 31.1 Å². The molecule has 138 valence electrons. The van der Waals surface area contributed by atoms with E-state index in [4.69, 9.17) is 10.00 Å². The van der Waals surface area contributed by atoms with Crippen LogP contribution >= 0.6 is 0 Å². The van der Waals surface area contributed by atoms with Gasteiger partial charge in [0.25, 0.3) is 0 Å². The van der Waals surface area contributed by atoms with Gasteiger partial charge in [-0.2, -0.15) is 18.4 Å². The number of alkyl halides is 3. The maximum absolute atomic E-state index is 12.1. The highest BCUT2D eigenvalue weighted by molar-refractivity contribution is 7.90. The van der Waals surface area contributed by atoms with E-state index < -0.39 is 22.1 Å². The Balaban J connectivity index is 2.65. The van der Waals surface area contributed by atoms with Crippen LogP contribution in [0, 0.1) is 11.3 Å². The molecule has 0 fully saturated rings. The van der Waals surface area contributed by atoms with Crippen LogP contribution in [0.5, 0.6) is 5.75 Å². The number of nitrogens with one attached hydrogen (secondary N) is 2. The molecule has 0 aliphatic carbocycles. The van der Waals surface area contributed by atoms with Crippen molar-refractivity contribution in [2.45, 2.75) is 25.4 Å². The van der Waals surface area contributed by atoms with Crippen molar-refractivity contribution in [3.8, 4) is 11.8 Å². The van der Waals surface area contributed by atoms with Crippen LogP contribution < -0.4 is 14.8 Å². The molecular weight excluding hydrogens is 363 g/mol. The highest BCUT2D eigenvalue weighted by Crippen LogP contribution is 2.21. The summed E-state index contributed by atoms with van der Waals surface area (Å²) < 4.78 is 64.6. The third kappa shape index (κ3) is 6.24. The second-order valence-electron chi connectivity index (χ2n) is 4.75. The number of amides is 1. The van der Waals surface area contributed by atoms with E-state index >= 15 is 0 Å². The number of carbonyl (C=O) groups excluding carboxylic acids is 1. The Hall–Kier alpha value is -2.32. The number of sulfonamides is 1. The molecule has 0 heterocycles. The first-order valence-corrected chi connectivity index (χ1v) is 8.57. The number of rotatable bonds is 8. The Kier molecular flexibility index (Phi) is 7.20. The number of benzene rings is 1. The minimum atomic E-state index is -5.41. The van der Waals surface area contributed by atoms with Crippen LogP contribution in [0.4, 0.5) is 13.2 Å². The third-order valence-electron chi connectivity index (χ3n) is 2.96. The van der Waals surface area contributed by atoms with Crippen LogP contribution in [0.1, 0.15) is 24.5 Å². The zero-order valence-corrected chi connectivity index (χ0v) is 14.0. The third-order valence-corrected chi connectivity index (χ3v) is 4.16. The molecule has 0 aliphatic heterocycles. The average molecular weight is 379 g/mol. The first kappa shape index (κ1) is 20.7. The molecule has 1 rings (SSSR count). The minimum Gasteiger partial charge on any atom is -0.492 e. The van der Waals surface area contributed by atoms with Gasteiger partial charge < -0.3 is 10.1 Å². The number of hydrogen-bond acceptors (Lipinski definition) is 5. The van der Waals surface area contributed by atoms with Gasteiger partial charge in [0.05, 0.1) is 11.6 Å². The van der Waals surface area contributed by atoms with Crippen molar-refractivity contribution >= 4 is 15.9 Å². The van der Waals surface area contributed by atoms with Gasteiger partial charge in [0.15, 0.2) is 0 Å². The lowest BCUT2D eigenvalue weighted by Crippen LogP contribution is -2.38. The van der Waals surface area contributed by atoms with Crippen LogP contribution in [0.25, 0.3) is 0 Å². The van der Waals surface area contributed by atoms with Gasteiger partial charge in [-0.15, -0.1) is 0 Å². The number of nitrogens with zero attached hydrogens (tertiary/aromatic N) is 1. The fourth-order valence-electron chi connectivity index (χ4n) is 1.66. The van der Waals surface area contributed by atoms with Crippen molar-refractivity contribution in [1.82, 2.24) is 10.0 Å². The predicted octanol–water partition coefficient (Wildman–Crippen LogP) is 1.40. The molecule has 0 unspecified atom stereocenters. The van der Waals surface area contributed by atoms with Crippen molar-refractivity contribution in [2.24, 2.45) is 0 Å². The summed E-state index contributed by atoms with van der Waals surface area (Å²) >= 11 is 0. The van der Waals surface area contributed by atoms with Gasteiger partial charge in [0.1, 0.15) is 12.4 Å². The number of ether oxygens (including phenoxy) is 1. The van der Waals surface area contributed by atoms with Crippen LogP contribution in [0.2, 0.25) is 0 Å². The molecular formula is C14H16F3N3O4S. The summed E-state index contributed by atoms with van der Waals surface area (Å²) in [6, 6.07) is 6.25. The molecule has 0 spiro atoms. The predicted molar refractivity (Wildman–Crippen MR) is 81.8 cm³/mol. The van der Waals surface area contributed by atoms with E-state index in [9.17, 15) is 26.4 Å². The summed E-state index contributed by atoms with van der Waals surface area (Å²) in [5.41, 5.74) is -4.61. The number of halogens is 3. The van der Waals surface area contributed by atoms with E-state index in [2.05, 4.69) is 5.32 Å². The van der Waals surface area contributed by atoms with Crippen LogP contribution in [0.15, 0.2) is 18.2 Å². The van der Waals surface area contributed by atoms with Gasteiger partial charge in [0.2, 0.25) is 5.91 Å². The van der Waals surface area contributed by atoms with Crippen LogP contribution in [0.3, 0.4) is 0 Å². The Morgan fingerprint density at radius 3 is 2.60 bits per heavy atom. The summed E-state index contributed by atoms with van der Waals surface area (Å²) in [6.45, 7) is 0.835. The highest BCUT2D eigenvalue weighted by atomic mass is 32.2. The van der Waals surface area contributed by atoms with E-state index in [0.717, 1.165) is 0 Å². The Bertz CT molecular complexity index is 758. The first-order chi connectivity index (χ1) is 11.6. The lowest BCUT2D eigenvalue weighted by atomic mass is 10.1. The molecule has 1 aromatic carbocycles. The summed E-state index contributed by atoms with van der Waals surface area (Å²) in [6.07, 6.45) is 0.275. The molecule has 0 aromatic heterocycles. The first-order valence-electron chi connectivity index (χ1n) is 7.09. The second kappa shape index (κ2) is 8.68. The van der Waals surface area contributed by atoms with Crippen molar-refractivity contribution in [3.05, 3.63) is 29.3 Å². The Morgan fingerprint density at radius 2 is 2.04 bits per heavy atom. The Morgan fingerprint density at radius 1 is 1.36 bits per heavy atom. The summed E-state index contributed by atoms with van der Waals surface area (Å²) in [4.78, 5) is 11.3. The maximum Gasteiger partial charge on any atom is 0.511 e. The number of carbonyl (C=O) groups is 1. The highest BCUT2D eigenvalue weighted by Gasteiger charge is 2.45. The van der Waals surface area contributed by atoms with Gasteiger partial charge in [0, 0.05) is 19.5 Å². The van der Waals surface area contributed by atoms with Gasteiger partial charge in [-0.1, -0.05) is 6.92 Å². The van der Waals surface area contributed by atoms with Gasteiger partial charge in [-0.3, -0.25) is 4.79 Å². The van der Waals surface area contributed by atoms with Crippen LogP contribution in [-0.4, -0.2) is 33.0 Å². The quantitative estimate of drug-likeness (QED) is 0.664. The average Bonchev–Trinajstić information content (AvgIpc) is 2.55. The lowest BCUT2D eigenvalue weighted by molar-refractivity contribution is -0.120. The van der Waals surface area contributed by atoms with Crippen molar-refractivity contribution in [1.29, 1.82) is 5.26 Å². The maximum atomic E-state index is 12.1. The molecule has 1 amide bonds. The van der Waals surface area contributed by atoms with Gasteiger partial charge >= 0.3 is 15.5 Å². The summed E-state index contributed by atoms with van der Waals surface area (Å²) in [5, 5.41) is 11.6. The molecule has 0 saturated heterocycles. The molecule has 0 bridgehead atoms. The van der Waals surface area contributed by atoms with Gasteiger partial charge in [-0.25, -0.2) is 13.1 Å². The summed E-state index contributed by atoms with van der Waals surface area (Å²) in [7, 11) is -5.41. The van der Waals surface area contributed by atoms with Crippen molar-refractivity contribution in [2.75, 3.05) is 13.2 Å². The molecule has 11 heteroatoms. The molecule has 0 aliphatic rings. The summed E-state index contributed by atoms with van der Waals surface area (Å²) in [5.74, 6) is 0.0164. The largest absolute Gasteiger partial charge is 0.511 e. The monoisotopic (exact) mass is 379 g/mol. The molecule has 2 N–H and O–H groups in total. The topological polar surface area (TPSA) is 108 Å². The van der Waals surface area contributed by atoms with Crippen molar-refractivity contribution in [3.63, 3.8) is 0 Å². The van der Waals surface area contributed by atoms with E-state index in [1.807, 2.05) is 6.07 Å². The molecule has 0 radical (unpaired) electrons. The molecule has 25 heavy (non-hydrogen) atoms. The fourth-order valence-corrected chi connectivity index (χ4v) is 2.18. The molecule has 0 saturated carbocycles. The second-order valence-corrected chi connectivity index (χ2v) is 6.51. The minimum absolute atomic E-state index is 0.0907. The smallest absolute Gasteiger partial charge is 0.492 e. The normalized spacial score (nSPS) is 11.6.